The molecule has 10 nitrogen and oxygen atoms in total. The molecular formula is C17H22N8O2. The molecule has 0 spiro atoms. The second kappa shape index (κ2) is 7.89. The summed E-state index contributed by atoms with van der Waals surface area (Å²) in [5.74, 6) is 6.74. The van der Waals surface area contributed by atoms with Gasteiger partial charge in [-0.15, -0.1) is 0 Å². The van der Waals surface area contributed by atoms with E-state index in [0.29, 0.717) is 41.1 Å². The zero-order valence-corrected chi connectivity index (χ0v) is 14.9. The van der Waals surface area contributed by atoms with Crippen molar-refractivity contribution >= 4 is 22.5 Å². The smallest absolute Gasteiger partial charge is 0.221 e. The summed E-state index contributed by atoms with van der Waals surface area (Å²) in [4.78, 5) is 8.50. The molecule has 2 aromatic heterocycles. The Hall–Kier alpha value is -3.37. The molecule has 0 unspecified atom stereocenters. The highest BCUT2D eigenvalue weighted by atomic mass is 16.5. The van der Waals surface area contributed by atoms with Crippen LogP contribution >= 0.6 is 0 Å². The minimum Gasteiger partial charge on any atom is -0.494 e. The molecule has 1 aromatic carbocycles. The van der Waals surface area contributed by atoms with Crippen LogP contribution in [-0.4, -0.2) is 43.6 Å². The van der Waals surface area contributed by atoms with E-state index in [-0.39, 0.29) is 12.6 Å². The lowest BCUT2D eigenvalue weighted by molar-refractivity contribution is 0.263. The number of anilines is 1. The SMILES string of the molecule is COc1cccc2c(/C(N)=C/N(N)Cc3ccnn3CCO)nc(N)nc12. The number of aliphatic hydroxyl groups is 1. The lowest BCUT2D eigenvalue weighted by Gasteiger charge is -2.16. The molecule has 0 atom stereocenters. The molecule has 0 fully saturated rings. The molecule has 0 saturated heterocycles. The Bertz CT molecular complexity index is 969. The molecule has 10 heteroatoms. The predicted molar refractivity (Wildman–Crippen MR) is 102 cm³/mol. The van der Waals surface area contributed by atoms with Crippen LogP contribution in [0.5, 0.6) is 5.75 Å². The summed E-state index contributed by atoms with van der Waals surface area (Å²) in [5.41, 5.74) is 14.3. The zero-order valence-electron chi connectivity index (χ0n) is 14.9. The number of hydrogen-bond donors (Lipinski definition) is 4. The van der Waals surface area contributed by atoms with Crippen LogP contribution in [0.3, 0.4) is 0 Å². The third-order valence-corrected chi connectivity index (χ3v) is 3.97. The number of nitrogens with two attached hydrogens (primary N) is 3. The van der Waals surface area contributed by atoms with Gasteiger partial charge in [-0.1, -0.05) is 12.1 Å². The molecule has 3 aromatic rings. The van der Waals surface area contributed by atoms with E-state index < -0.39 is 0 Å². The number of ether oxygens (including phenoxy) is 1. The van der Waals surface area contributed by atoms with E-state index >= 15 is 0 Å². The zero-order chi connectivity index (χ0) is 19.4. The Kier molecular flexibility index (Phi) is 5.38. The maximum absolute atomic E-state index is 9.09. The third-order valence-electron chi connectivity index (χ3n) is 3.97. The lowest BCUT2D eigenvalue weighted by atomic mass is 10.1. The van der Waals surface area contributed by atoms with E-state index in [2.05, 4.69) is 15.1 Å². The normalized spacial score (nSPS) is 11.7. The van der Waals surface area contributed by atoms with Gasteiger partial charge in [0.2, 0.25) is 5.95 Å². The maximum atomic E-state index is 9.09. The summed E-state index contributed by atoms with van der Waals surface area (Å²) in [6.45, 7) is 0.732. The van der Waals surface area contributed by atoms with Crippen LogP contribution in [0.25, 0.3) is 16.6 Å². The van der Waals surface area contributed by atoms with Crippen LogP contribution in [-0.2, 0) is 13.1 Å². The summed E-state index contributed by atoms with van der Waals surface area (Å²) in [5, 5.41) is 15.4. The van der Waals surface area contributed by atoms with E-state index in [1.54, 1.807) is 30.3 Å². The molecule has 0 aliphatic rings. The second-order valence-electron chi connectivity index (χ2n) is 5.81. The van der Waals surface area contributed by atoms with Gasteiger partial charge in [-0.2, -0.15) is 5.10 Å². The molecule has 0 bridgehead atoms. The number of fused-ring (bicyclic) bond motifs is 1. The van der Waals surface area contributed by atoms with Crippen molar-refractivity contribution in [2.75, 3.05) is 19.5 Å². The van der Waals surface area contributed by atoms with Crippen LogP contribution in [0, 0.1) is 0 Å². The van der Waals surface area contributed by atoms with Crippen molar-refractivity contribution in [3.63, 3.8) is 0 Å². The molecule has 0 aliphatic heterocycles. The lowest BCUT2D eigenvalue weighted by Crippen LogP contribution is -2.27. The van der Waals surface area contributed by atoms with E-state index in [0.717, 1.165) is 5.69 Å². The van der Waals surface area contributed by atoms with Crippen molar-refractivity contribution in [2.45, 2.75) is 13.1 Å². The largest absolute Gasteiger partial charge is 0.494 e. The number of rotatable bonds is 7. The highest BCUT2D eigenvalue weighted by Gasteiger charge is 2.13. The van der Waals surface area contributed by atoms with Gasteiger partial charge in [0.25, 0.3) is 0 Å². The number of benzene rings is 1. The number of nitrogen functional groups attached to an aromatic ring is 1. The number of hydrogen-bond acceptors (Lipinski definition) is 9. The number of nitrogens with zero attached hydrogens (tertiary/aromatic N) is 5. The number of hydrazine groups is 1. The Balaban J connectivity index is 1.92. The molecule has 2 heterocycles. The first-order chi connectivity index (χ1) is 13.0. The number of methoxy groups -OCH3 is 1. The van der Waals surface area contributed by atoms with Gasteiger partial charge >= 0.3 is 0 Å². The van der Waals surface area contributed by atoms with E-state index in [1.807, 2.05) is 18.2 Å². The van der Waals surface area contributed by atoms with Crippen LogP contribution in [0.15, 0.2) is 36.7 Å². The summed E-state index contributed by atoms with van der Waals surface area (Å²) in [6, 6.07) is 7.27. The quantitative estimate of drug-likeness (QED) is 0.333. The highest BCUT2D eigenvalue weighted by molar-refractivity contribution is 5.93. The molecule has 142 valence electrons. The first-order valence-corrected chi connectivity index (χ1v) is 8.24. The molecule has 0 radical (unpaired) electrons. The minimum absolute atomic E-state index is 0.00867. The van der Waals surface area contributed by atoms with Crippen molar-refractivity contribution in [1.82, 2.24) is 24.8 Å². The number of para-hydroxylation sites is 1. The fourth-order valence-corrected chi connectivity index (χ4v) is 2.79. The van der Waals surface area contributed by atoms with Crippen molar-refractivity contribution in [3.8, 4) is 5.75 Å². The maximum Gasteiger partial charge on any atom is 0.221 e. The summed E-state index contributed by atoms with van der Waals surface area (Å²) >= 11 is 0. The van der Waals surface area contributed by atoms with Crippen LogP contribution in [0.4, 0.5) is 5.95 Å². The summed E-state index contributed by atoms with van der Waals surface area (Å²) in [6.07, 6.45) is 3.22. The number of aromatic nitrogens is 4. The van der Waals surface area contributed by atoms with Gasteiger partial charge in [-0.3, -0.25) is 4.68 Å². The summed E-state index contributed by atoms with van der Waals surface area (Å²) < 4.78 is 7.01. The molecule has 3 rings (SSSR count). The van der Waals surface area contributed by atoms with Gasteiger partial charge in [0, 0.05) is 17.8 Å². The summed E-state index contributed by atoms with van der Waals surface area (Å²) in [7, 11) is 1.56. The number of aliphatic hydroxyl groups excluding tert-OH is 1. The van der Waals surface area contributed by atoms with Crippen LogP contribution < -0.4 is 22.0 Å². The highest BCUT2D eigenvalue weighted by Crippen LogP contribution is 2.28. The monoisotopic (exact) mass is 370 g/mol. The fraction of sp³-hybridized carbons (Fsp3) is 0.235. The van der Waals surface area contributed by atoms with Crippen molar-refractivity contribution < 1.29 is 9.84 Å². The van der Waals surface area contributed by atoms with E-state index in [9.17, 15) is 0 Å². The fourth-order valence-electron chi connectivity index (χ4n) is 2.79. The third kappa shape index (κ3) is 3.91. The first-order valence-electron chi connectivity index (χ1n) is 8.24. The molecule has 0 saturated carbocycles. The Labute approximate surface area is 155 Å². The van der Waals surface area contributed by atoms with Crippen molar-refractivity contribution in [2.24, 2.45) is 11.6 Å². The molecular weight excluding hydrogens is 348 g/mol. The molecule has 27 heavy (non-hydrogen) atoms. The molecule has 0 amide bonds. The molecule has 7 N–H and O–H groups in total. The predicted octanol–water partition coefficient (Wildman–Crippen LogP) is 0.0424. The van der Waals surface area contributed by atoms with E-state index in [1.165, 1.54) is 5.01 Å². The van der Waals surface area contributed by atoms with Crippen molar-refractivity contribution in [1.29, 1.82) is 0 Å². The van der Waals surface area contributed by atoms with Gasteiger partial charge in [-0.05, 0) is 12.1 Å². The van der Waals surface area contributed by atoms with Gasteiger partial charge < -0.3 is 26.3 Å². The Morgan fingerprint density at radius 1 is 1.33 bits per heavy atom. The minimum atomic E-state index is -0.00867. The van der Waals surface area contributed by atoms with Crippen LogP contribution in [0.1, 0.15) is 11.4 Å². The second-order valence-corrected chi connectivity index (χ2v) is 5.81. The van der Waals surface area contributed by atoms with Crippen molar-refractivity contribution in [3.05, 3.63) is 48.1 Å². The average Bonchev–Trinajstić information content (AvgIpc) is 3.07. The van der Waals surface area contributed by atoms with Gasteiger partial charge in [0.15, 0.2) is 0 Å². The van der Waals surface area contributed by atoms with Gasteiger partial charge in [-0.25, -0.2) is 15.8 Å². The topological polar surface area (TPSA) is 154 Å². The molecule has 0 aliphatic carbocycles. The average molecular weight is 370 g/mol. The first kappa shape index (κ1) is 18.4. The standard InChI is InChI=1S/C17H22N8O2/c1-27-14-4-2-3-12-15(22-17(19)23-16(12)14)13(18)10-24(20)9-11-5-6-21-25(11)7-8-26/h2-6,10,26H,7-9,18,20H2,1H3,(H2,19,22,23)/b13-10-. The van der Waals surface area contributed by atoms with Gasteiger partial charge in [0.05, 0.1) is 38.2 Å². The Morgan fingerprint density at radius 3 is 2.89 bits per heavy atom. The Morgan fingerprint density at radius 2 is 2.15 bits per heavy atom. The van der Waals surface area contributed by atoms with E-state index in [4.69, 9.17) is 27.2 Å². The van der Waals surface area contributed by atoms with Crippen LogP contribution in [0.2, 0.25) is 0 Å². The van der Waals surface area contributed by atoms with Gasteiger partial charge in [0.1, 0.15) is 17.0 Å².